The summed E-state index contributed by atoms with van der Waals surface area (Å²) in [4.78, 5) is 22.7. The van der Waals surface area contributed by atoms with Crippen molar-refractivity contribution in [2.45, 2.75) is 45.7 Å². The van der Waals surface area contributed by atoms with Crippen molar-refractivity contribution in [1.82, 2.24) is 20.2 Å². The number of nitrogens with zero attached hydrogens (tertiary/aromatic N) is 3. The van der Waals surface area contributed by atoms with Crippen LogP contribution in [0.5, 0.6) is 0 Å². The third-order valence-electron chi connectivity index (χ3n) is 3.36. The summed E-state index contributed by atoms with van der Waals surface area (Å²) in [5.74, 6) is 0.957. The molecule has 1 saturated heterocycles. The van der Waals surface area contributed by atoms with Gasteiger partial charge in [-0.1, -0.05) is 6.92 Å². The van der Waals surface area contributed by atoms with Gasteiger partial charge in [0.15, 0.2) is 0 Å². The Balaban J connectivity index is 1.97. The van der Waals surface area contributed by atoms with Gasteiger partial charge in [-0.05, 0) is 38.8 Å². The fourth-order valence-corrected chi connectivity index (χ4v) is 2.39. The van der Waals surface area contributed by atoms with Crippen LogP contribution in [0.1, 0.15) is 37.7 Å². The molecule has 1 aliphatic heterocycles. The summed E-state index contributed by atoms with van der Waals surface area (Å²) in [6.07, 6.45) is 4.79. The van der Waals surface area contributed by atoms with E-state index < -0.39 is 0 Å². The van der Waals surface area contributed by atoms with Crippen molar-refractivity contribution in [2.75, 3.05) is 13.1 Å². The summed E-state index contributed by atoms with van der Waals surface area (Å²) in [5, 5.41) is 3.32. The van der Waals surface area contributed by atoms with E-state index in [0.29, 0.717) is 6.54 Å². The van der Waals surface area contributed by atoms with Crippen LogP contribution in [0.25, 0.3) is 0 Å². The van der Waals surface area contributed by atoms with Gasteiger partial charge in [-0.15, -0.1) is 0 Å². The minimum absolute atomic E-state index is 0.0170. The number of nitrogens with one attached hydrogen (secondary N) is 1. The predicted molar refractivity (Wildman–Crippen MR) is 73.5 cm³/mol. The lowest BCUT2D eigenvalue weighted by atomic mass is 10.0. The molecule has 1 atom stereocenters. The maximum atomic E-state index is 12.3. The number of aromatic nitrogens is 2. The van der Waals surface area contributed by atoms with Gasteiger partial charge < -0.3 is 10.2 Å². The number of likely N-dealkylation sites (tertiary alicyclic amines) is 1. The van der Waals surface area contributed by atoms with E-state index in [1.54, 1.807) is 6.20 Å². The Morgan fingerprint density at radius 1 is 1.53 bits per heavy atom. The molecular formula is C14H22N4O. The number of amides is 1. The van der Waals surface area contributed by atoms with Gasteiger partial charge in [-0.25, -0.2) is 9.97 Å². The standard InChI is InChI=1S/C14H22N4O/c1-3-7-16-13-5-4-9-18(14(13)19)10-12-6-8-15-11(2)17-12/h6,8,13,16H,3-5,7,9-10H2,1-2H3. The number of hydrogen-bond donors (Lipinski definition) is 1. The van der Waals surface area contributed by atoms with E-state index in [2.05, 4.69) is 22.2 Å². The molecule has 0 spiro atoms. The average molecular weight is 262 g/mol. The van der Waals surface area contributed by atoms with Gasteiger partial charge in [0.25, 0.3) is 0 Å². The highest BCUT2D eigenvalue weighted by Gasteiger charge is 2.28. The molecule has 0 aliphatic carbocycles. The molecule has 1 amide bonds. The second kappa shape index (κ2) is 6.61. The lowest BCUT2D eigenvalue weighted by Crippen LogP contribution is -2.50. The van der Waals surface area contributed by atoms with E-state index in [0.717, 1.165) is 43.9 Å². The number of hydrogen-bond acceptors (Lipinski definition) is 4. The van der Waals surface area contributed by atoms with Gasteiger partial charge in [0.2, 0.25) is 5.91 Å². The fraction of sp³-hybridized carbons (Fsp3) is 0.643. The van der Waals surface area contributed by atoms with E-state index in [4.69, 9.17) is 0 Å². The van der Waals surface area contributed by atoms with Crippen LogP contribution < -0.4 is 5.32 Å². The molecule has 5 nitrogen and oxygen atoms in total. The van der Waals surface area contributed by atoms with Crippen LogP contribution in [0.2, 0.25) is 0 Å². The van der Waals surface area contributed by atoms with Crippen LogP contribution in [0.4, 0.5) is 0 Å². The van der Waals surface area contributed by atoms with Gasteiger partial charge in [0.05, 0.1) is 18.3 Å². The summed E-state index contributed by atoms with van der Waals surface area (Å²) in [7, 11) is 0. The summed E-state index contributed by atoms with van der Waals surface area (Å²) < 4.78 is 0. The maximum Gasteiger partial charge on any atom is 0.240 e. The van der Waals surface area contributed by atoms with Gasteiger partial charge in [0.1, 0.15) is 5.82 Å². The molecule has 1 N–H and O–H groups in total. The molecule has 2 heterocycles. The van der Waals surface area contributed by atoms with Crippen molar-refractivity contribution in [3.8, 4) is 0 Å². The molecule has 2 rings (SSSR count). The number of rotatable bonds is 5. The van der Waals surface area contributed by atoms with Crippen molar-refractivity contribution >= 4 is 5.91 Å². The van der Waals surface area contributed by atoms with Gasteiger partial charge in [-0.2, -0.15) is 0 Å². The van der Waals surface area contributed by atoms with E-state index in [9.17, 15) is 4.79 Å². The Morgan fingerprint density at radius 2 is 2.37 bits per heavy atom. The zero-order chi connectivity index (χ0) is 13.7. The average Bonchev–Trinajstić information content (AvgIpc) is 2.40. The molecule has 19 heavy (non-hydrogen) atoms. The first-order valence-electron chi connectivity index (χ1n) is 7.01. The Hall–Kier alpha value is -1.49. The minimum atomic E-state index is -0.0170. The number of aryl methyl sites for hydroxylation is 1. The monoisotopic (exact) mass is 262 g/mol. The molecular weight excluding hydrogens is 240 g/mol. The lowest BCUT2D eigenvalue weighted by Gasteiger charge is -2.32. The Kier molecular flexibility index (Phi) is 4.85. The quantitative estimate of drug-likeness (QED) is 0.868. The summed E-state index contributed by atoms with van der Waals surface area (Å²) in [6, 6.07) is 1.86. The molecule has 1 aromatic heterocycles. The van der Waals surface area contributed by atoms with Crippen molar-refractivity contribution in [2.24, 2.45) is 0 Å². The van der Waals surface area contributed by atoms with E-state index in [-0.39, 0.29) is 11.9 Å². The molecule has 1 fully saturated rings. The molecule has 5 heteroatoms. The Morgan fingerprint density at radius 3 is 3.11 bits per heavy atom. The Bertz CT molecular complexity index is 435. The Labute approximate surface area is 114 Å². The normalized spacial score (nSPS) is 19.8. The maximum absolute atomic E-state index is 12.3. The molecule has 1 aromatic rings. The van der Waals surface area contributed by atoms with Crippen molar-refractivity contribution in [3.63, 3.8) is 0 Å². The van der Waals surface area contributed by atoms with Crippen LogP contribution in [-0.4, -0.2) is 39.9 Å². The van der Waals surface area contributed by atoms with Crippen molar-refractivity contribution < 1.29 is 4.79 Å². The van der Waals surface area contributed by atoms with Crippen molar-refractivity contribution in [3.05, 3.63) is 23.8 Å². The molecule has 1 aliphatic rings. The number of carbonyl (C=O) groups excluding carboxylic acids is 1. The molecule has 0 bridgehead atoms. The van der Waals surface area contributed by atoms with Crippen LogP contribution in [-0.2, 0) is 11.3 Å². The predicted octanol–water partition coefficient (Wildman–Crippen LogP) is 1.28. The smallest absolute Gasteiger partial charge is 0.240 e. The van der Waals surface area contributed by atoms with E-state index in [1.165, 1.54) is 0 Å². The third-order valence-corrected chi connectivity index (χ3v) is 3.36. The van der Waals surface area contributed by atoms with Crippen LogP contribution in [0, 0.1) is 6.92 Å². The van der Waals surface area contributed by atoms with Crippen LogP contribution in [0.3, 0.4) is 0 Å². The topological polar surface area (TPSA) is 58.1 Å². The highest BCUT2D eigenvalue weighted by Crippen LogP contribution is 2.14. The summed E-state index contributed by atoms with van der Waals surface area (Å²) in [5.41, 5.74) is 0.914. The first-order chi connectivity index (χ1) is 9.20. The summed E-state index contributed by atoms with van der Waals surface area (Å²) in [6.45, 7) is 6.30. The fourth-order valence-electron chi connectivity index (χ4n) is 2.39. The molecule has 1 unspecified atom stereocenters. The van der Waals surface area contributed by atoms with E-state index >= 15 is 0 Å². The second-order valence-electron chi connectivity index (χ2n) is 5.00. The first-order valence-corrected chi connectivity index (χ1v) is 7.01. The lowest BCUT2D eigenvalue weighted by molar-refractivity contribution is -0.136. The van der Waals surface area contributed by atoms with Gasteiger partial charge >= 0.3 is 0 Å². The van der Waals surface area contributed by atoms with Crippen LogP contribution >= 0.6 is 0 Å². The van der Waals surface area contributed by atoms with Crippen molar-refractivity contribution in [1.29, 1.82) is 0 Å². The molecule has 0 saturated carbocycles. The van der Waals surface area contributed by atoms with Gasteiger partial charge in [0, 0.05) is 12.7 Å². The number of carbonyl (C=O) groups is 1. The molecule has 0 radical (unpaired) electrons. The third kappa shape index (κ3) is 3.73. The van der Waals surface area contributed by atoms with Gasteiger partial charge in [-0.3, -0.25) is 4.79 Å². The summed E-state index contributed by atoms with van der Waals surface area (Å²) >= 11 is 0. The molecule has 0 aromatic carbocycles. The first kappa shape index (κ1) is 13.9. The number of piperidine rings is 1. The largest absolute Gasteiger partial charge is 0.335 e. The highest BCUT2D eigenvalue weighted by atomic mass is 16.2. The zero-order valence-electron chi connectivity index (χ0n) is 11.7. The highest BCUT2D eigenvalue weighted by molar-refractivity contribution is 5.82. The van der Waals surface area contributed by atoms with Crippen LogP contribution in [0.15, 0.2) is 12.3 Å². The minimum Gasteiger partial charge on any atom is -0.335 e. The SMILES string of the molecule is CCCNC1CCCN(Cc2ccnc(C)n2)C1=O. The second-order valence-corrected chi connectivity index (χ2v) is 5.00. The zero-order valence-corrected chi connectivity index (χ0v) is 11.7. The molecule has 104 valence electrons. The van der Waals surface area contributed by atoms with E-state index in [1.807, 2.05) is 17.9 Å².